The summed E-state index contributed by atoms with van der Waals surface area (Å²) in [5.74, 6) is -1.76. The highest BCUT2D eigenvalue weighted by molar-refractivity contribution is 5.81. The Bertz CT molecular complexity index is 503. The second kappa shape index (κ2) is 7.30. The van der Waals surface area contributed by atoms with Gasteiger partial charge in [-0.2, -0.15) is 0 Å². The summed E-state index contributed by atoms with van der Waals surface area (Å²) < 4.78 is 19.6. The molecule has 0 aromatic heterocycles. The zero-order valence-corrected chi connectivity index (χ0v) is 11.0. The predicted molar refractivity (Wildman–Crippen MR) is 69.1 cm³/mol. The lowest BCUT2D eigenvalue weighted by Crippen LogP contribution is -2.31. The fourth-order valence-electron chi connectivity index (χ4n) is 1.48. The van der Waals surface area contributed by atoms with Gasteiger partial charge in [0.05, 0.1) is 18.9 Å². The number of rotatable bonds is 5. The highest BCUT2D eigenvalue weighted by atomic mass is 16.7. The number of esters is 2. The summed E-state index contributed by atoms with van der Waals surface area (Å²) in [4.78, 5) is 23.1. The second-order valence-corrected chi connectivity index (χ2v) is 4.08. The number of aliphatic hydroxyl groups is 1. The molecule has 0 fully saturated rings. The molecule has 0 radical (unpaired) electrons. The van der Waals surface area contributed by atoms with Gasteiger partial charge in [0.1, 0.15) is 0 Å². The third kappa shape index (κ3) is 4.81. The molecular formula is C14H14O7. The van der Waals surface area contributed by atoms with Crippen molar-refractivity contribution >= 4 is 11.9 Å². The first-order valence-corrected chi connectivity index (χ1v) is 6.21. The van der Waals surface area contributed by atoms with Crippen LogP contribution in [0.2, 0.25) is 0 Å². The molecule has 0 bridgehead atoms. The van der Waals surface area contributed by atoms with Gasteiger partial charge in [0.25, 0.3) is 12.6 Å². The maximum atomic E-state index is 11.6. The first kappa shape index (κ1) is 14.9. The van der Waals surface area contributed by atoms with Gasteiger partial charge in [-0.1, -0.05) is 12.2 Å². The molecule has 2 aliphatic heterocycles. The number of allylic oxidation sites excluding steroid dienone is 4. The summed E-state index contributed by atoms with van der Waals surface area (Å²) in [6.07, 6.45) is 8.27. The van der Waals surface area contributed by atoms with Gasteiger partial charge in [-0.25, -0.2) is 4.79 Å². The second-order valence-electron chi connectivity index (χ2n) is 4.08. The molecule has 0 spiro atoms. The number of carbonyl (C=O) groups excluding carboxylic acids is 2. The summed E-state index contributed by atoms with van der Waals surface area (Å²) in [6.45, 7) is 0. The van der Waals surface area contributed by atoms with Crippen LogP contribution in [-0.4, -0.2) is 35.7 Å². The highest BCUT2D eigenvalue weighted by Gasteiger charge is 2.25. The zero-order chi connectivity index (χ0) is 15.1. The molecule has 0 aromatic carbocycles. The van der Waals surface area contributed by atoms with Crippen molar-refractivity contribution in [2.24, 2.45) is 0 Å². The highest BCUT2D eigenvalue weighted by Crippen LogP contribution is 2.09. The van der Waals surface area contributed by atoms with Crippen molar-refractivity contribution in [1.29, 1.82) is 0 Å². The Kier molecular flexibility index (Phi) is 5.16. The van der Waals surface area contributed by atoms with Crippen LogP contribution in [-0.2, 0) is 28.5 Å². The summed E-state index contributed by atoms with van der Waals surface area (Å²) in [7, 11) is 0. The molecule has 21 heavy (non-hydrogen) atoms. The Morgan fingerprint density at radius 2 is 1.57 bits per heavy atom. The van der Waals surface area contributed by atoms with E-state index in [1.165, 1.54) is 24.7 Å². The number of ether oxygens (including phenoxy) is 4. The van der Waals surface area contributed by atoms with Crippen molar-refractivity contribution in [3.8, 4) is 0 Å². The van der Waals surface area contributed by atoms with E-state index in [1.54, 1.807) is 24.3 Å². The molecule has 3 atom stereocenters. The van der Waals surface area contributed by atoms with Gasteiger partial charge in [-0.15, -0.1) is 0 Å². The molecule has 0 aliphatic carbocycles. The van der Waals surface area contributed by atoms with E-state index < -0.39 is 37.0 Å². The van der Waals surface area contributed by atoms with E-state index >= 15 is 0 Å². The lowest BCUT2D eigenvalue weighted by atomic mass is 10.2. The predicted octanol–water partition coefficient (Wildman–Crippen LogP) is 0.676. The first-order chi connectivity index (χ1) is 10.1. The van der Waals surface area contributed by atoms with Gasteiger partial charge in [0.15, 0.2) is 6.10 Å². The minimum atomic E-state index is -1.64. The Morgan fingerprint density at radius 1 is 1.00 bits per heavy atom. The molecule has 7 nitrogen and oxygen atoms in total. The van der Waals surface area contributed by atoms with Crippen molar-refractivity contribution in [3.05, 3.63) is 49.0 Å². The monoisotopic (exact) mass is 294 g/mol. The molecule has 2 rings (SSSR count). The summed E-state index contributed by atoms with van der Waals surface area (Å²) in [5, 5.41) is 9.60. The van der Waals surface area contributed by atoms with Gasteiger partial charge >= 0.3 is 11.9 Å². The number of aliphatic hydroxyl groups excluding tert-OH is 1. The van der Waals surface area contributed by atoms with E-state index in [2.05, 4.69) is 0 Å². The maximum absolute atomic E-state index is 11.6. The van der Waals surface area contributed by atoms with Crippen LogP contribution >= 0.6 is 0 Å². The van der Waals surface area contributed by atoms with Crippen LogP contribution in [0.25, 0.3) is 0 Å². The molecule has 0 aromatic rings. The molecule has 7 heteroatoms. The van der Waals surface area contributed by atoms with Gasteiger partial charge < -0.3 is 24.1 Å². The quantitative estimate of drug-likeness (QED) is 0.745. The average Bonchev–Trinajstić information content (AvgIpc) is 2.49. The van der Waals surface area contributed by atoms with Crippen LogP contribution < -0.4 is 0 Å². The third-order valence-electron chi connectivity index (χ3n) is 2.45. The maximum Gasteiger partial charge on any atom is 0.338 e. The van der Waals surface area contributed by atoms with Crippen LogP contribution in [0.4, 0.5) is 0 Å². The van der Waals surface area contributed by atoms with E-state index in [1.807, 2.05) is 0 Å². The molecule has 3 unspecified atom stereocenters. The number of hydrogen-bond acceptors (Lipinski definition) is 7. The first-order valence-electron chi connectivity index (χ1n) is 6.21. The zero-order valence-electron chi connectivity index (χ0n) is 11.0. The van der Waals surface area contributed by atoms with Gasteiger partial charge in [-0.3, -0.25) is 4.79 Å². The summed E-state index contributed by atoms with van der Waals surface area (Å²) in [6, 6.07) is 0. The lowest BCUT2D eigenvalue weighted by Gasteiger charge is -2.18. The smallest absolute Gasteiger partial charge is 0.338 e. The molecule has 0 saturated heterocycles. The molecule has 0 amide bonds. The van der Waals surface area contributed by atoms with Gasteiger partial charge in [-0.05, 0) is 24.3 Å². The van der Waals surface area contributed by atoms with Crippen LogP contribution in [0.3, 0.4) is 0 Å². The van der Waals surface area contributed by atoms with Gasteiger partial charge in [0, 0.05) is 0 Å². The Balaban J connectivity index is 1.73. The standard InChI is InChI=1S/C14H14O7/c15-10(14(17)21-13-6-2-4-8-19-13)9-11(16)20-12-5-1-3-7-18-12/h1-8,10,12-13,15H,9H2. The van der Waals surface area contributed by atoms with E-state index in [0.29, 0.717) is 0 Å². The largest absolute Gasteiger partial charge is 0.459 e. The SMILES string of the molecule is O=C(CC(O)C(=O)OC1C=CC=CO1)OC1C=CC=CO1. The fourth-order valence-corrected chi connectivity index (χ4v) is 1.48. The van der Waals surface area contributed by atoms with Crippen molar-refractivity contribution in [2.45, 2.75) is 25.1 Å². The van der Waals surface area contributed by atoms with Crippen molar-refractivity contribution in [1.82, 2.24) is 0 Å². The fraction of sp³-hybridized carbons (Fsp3) is 0.286. The molecule has 1 N–H and O–H groups in total. The topological polar surface area (TPSA) is 91.3 Å². The summed E-state index contributed by atoms with van der Waals surface area (Å²) in [5.41, 5.74) is 0. The molecule has 2 heterocycles. The van der Waals surface area contributed by atoms with Crippen LogP contribution in [0, 0.1) is 0 Å². The minimum Gasteiger partial charge on any atom is -0.459 e. The van der Waals surface area contributed by atoms with Crippen LogP contribution in [0.1, 0.15) is 6.42 Å². The third-order valence-corrected chi connectivity index (χ3v) is 2.45. The molecule has 112 valence electrons. The van der Waals surface area contributed by atoms with Gasteiger partial charge in [0.2, 0.25) is 0 Å². The van der Waals surface area contributed by atoms with Crippen molar-refractivity contribution in [3.63, 3.8) is 0 Å². The minimum absolute atomic E-state index is 0.539. The number of hydrogen-bond donors (Lipinski definition) is 1. The Hall–Kier alpha value is -2.54. The Morgan fingerprint density at radius 3 is 2.10 bits per heavy atom. The van der Waals surface area contributed by atoms with Crippen LogP contribution in [0.15, 0.2) is 49.0 Å². The van der Waals surface area contributed by atoms with Crippen LogP contribution in [0.5, 0.6) is 0 Å². The lowest BCUT2D eigenvalue weighted by molar-refractivity contribution is -0.178. The van der Waals surface area contributed by atoms with Crippen molar-refractivity contribution in [2.75, 3.05) is 0 Å². The van der Waals surface area contributed by atoms with E-state index in [4.69, 9.17) is 18.9 Å². The number of carbonyl (C=O) groups is 2. The Labute approximate surface area is 120 Å². The molecule has 2 aliphatic rings. The molecule has 0 saturated carbocycles. The normalized spacial score (nSPS) is 23.9. The average molecular weight is 294 g/mol. The van der Waals surface area contributed by atoms with Crippen molar-refractivity contribution < 1.29 is 33.6 Å². The molecular weight excluding hydrogens is 280 g/mol. The van der Waals surface area contributed by atoms with E-state index in [0.717, 1.165) is 0 Å². The summed E-state index contributed by atoms with van der Waals surface area (Å²) >= 11 is 0. The van der Waals surface area contributed by atoms with E-state index in [9.17, 15) is 14.7 Å². The van der Waals surface area contributed by atoms with E-state index in [-0.39, 0.29) is 0 Å².